The van der Waals surface area contributed by atoms with Gasteiger partial charge in [0.25, 0.3) is 0 Å². The fourth-order valence-electron chi connectivity index (χ4n) is 8.05. The van der Waals surface area contributed by atoms with Gasteiger partial charge in [-0.15, -0.1) is 15.3 Å². The Morgan fingerprint density at radius 3 is 1.66 bits per heavy atom. The molecule has 0 radical (unpaired) electrons. The molecule has 0 amide bonds. The number of esters is 2. The summed E-state index contributed by atoms with van der Waals surface area (Å²) in [6.07, 6.45) is 3.56. The molecule has 0 saturated heterocycles. The lowest BCUT2D eigenvalue weighted by atomic mass is 10.1. The highest BCUT2D eigenvalue weighted by atomic mass is 16.5. The van der Waals surface area contributed by atoms with Gasteiger partial charge in [0.05, 0.1) is 52.9 Å². The molecule has 0 aliphatic rings. The SMILES string of the molecule is C=C(C)C(=O)OCCCCCCOc1ccc(C(=O)Oc2ccc(CNc3ccc(N=Nc4ccc(N=Nc5ccc(NNc6ccc(N(CC)CC)cc6)cc5)c5ccccc45)c4ccccc34)cc2)cc1. The van der Waals surface area contributed by atoms with Crippen molar-refractivity contribution in [2.75, 3.05) is 47.4 Å². The summed E-state index contributed by atoms with van der Waals surface area (Å²) in [5.74, 6) is 0.334. The van der Waals surface area contributed by atoms with Crippen molar-refractivity contribution in [1.82, 2.24) is 0 Å². The van der Waals surface area contributed by atoms with Crippen LogP contribution in [0.2, 0.25) is 0 Å². The standard InChI is InChI=1S/C60H60N8O5/c1-5-68(6-2)48-29-27-47(28-30-48)63-62-45-23-25-46(26-24-45)64-65-56-37-38-58(54-18-12-11-17-53(54)56)67-66-57-36-35-55(51-15-9-10-16-52(51)57)61-41-43-19-31-50(32-20-43)73-60(70)44-21-33-49(34-22-44)71-39-13-7-8-14-40-72-59(69)42(3)4/h9-12,15-38,61-63H,3,5-8,13-14,39-41H2,1-2,4H3. The van der Waals surface area contributed by atoms with E-state index in [-0.39, 0.29) is 5.97 Å². The van der Waals surface area contributed by atoms with Crippen LogP contribution in [0.5, 0.6) is 11.5 Å². The highest BCUT2D eigenvalue weighted by Gasteiger charge is 2.12. The Morgan fingerprint density at radius 1 is 0.548 bits per heavy atom. The zero-order valence-electron chi connectivity index (χ0n) is 41.5. The number of unbranched alkanes of at least 4 members (excludes halogenated alkanes) is 3. The molecule has 0 unspecified atom stereocenters. The number of hydrogen-bond acceptors (Lipinski definition) is 13. The van der Waals surface area contributed by atoms with Gasteiger partial charge < -0.3 is 35.3 Å². The molecular weight excluding hydrogens is 913 g/mol. The monoisotopic (exact) mass is 972 g/mol. The summed E-state index contributed by atoms with van der Waals surface area (Å²) in [5.41, 5.74) is 15.3. The first-order valence-corrected chi connectivity index (χ1v) is 24.7. The van der Waals surface area contributed by atoms with Crippen LogP contribution in [0.15, 0.2) is 202 Å². The molecule has 0 atom stereocenters. The number of nitrogens with one attached hydrogen (secondary N) is 3. The zero-order chi connectivity index (χ0) is 50.8. The van der Waals surface area contributed by atoms with Crippen molar-refractivity contribution in [3.8, 4) is 11.5 Å². The van der Waals surface area contributed by atoms with E-state index in [1.807, 2.05) is 103 Å². The Balaban J connectivity index is 0.823. The van der Waals surface area contributed by atoms with E-state index in [2.05, 4.69) is 82.1 Å². The largest absolute Gasteiger partial charge is 0.494 e. The number of carbonyl (C=O) groups excluding carboxylic acids is 2. The smallest absolute Gasteiger partial charge is 0.343 e. The minimum absolute atomic E-state index is 0.350. The van der Waals surface area contributed by atoms with E-state index in [4.69, 9.17) is 24.4 Å². The van der Waals surface area contributed by atoms with Crippen LogP contribution in [0.1, 0.15) is 62.4 Å². The number of benzene rings is 8. The Morgan fingerprint density at radius 2 is 1.07 bits per heavy atom. The summed E-state index contributed by atoms with van der Waals surface area (Å²) in [4.78, 5) is 26.7. The second kappa shape index (κ2) is 25.3. The first-order valence-electron chi connectivity index (χ1n) is 24.7. The van der Waals surface area contributed by atoms with Crippen molar-refractivity contribution in [3.63, 3.8) is 0 Å². The fraction of sp³-hybridized carbons (Fsp3) is 0.200. The molecule has 0 bridgehead atoms. The number of ether oxygens (including phenoxy) is 3. The van der Waals surface area contributed by atoms with Crippen molar-refractivity contribution >= 4 is 79.0 Å². The molecule has 8 rings (SSSR count). The third kappa shape index (κ3) is 13.9. The third-order valence-electron chi connectivity index (χ3n) is 12.1. The Bertz CT molecular complexity index is 3190. The molecule has 370 valence electrons. The maximum atomic E-state index is 12.9. The Hall–Kier alpha value is -8.84. The molecule has 0 spiro atoms. The van der Waals surface area contributed by atoms with Crippen molar-refractivity contribution in [2.45, 2.75) is 53.0 Å². The van der Waals surface area contributed by atoms with E-state index in [1.165, 1.54) is 5.69 Å². The molecule has 0 saturated carbocycles. The van der Waals surface area contributed by atoms with Crippen molar-refractivity contribution in [3.05, 3.63) is 193 Å². The predicted molar refractivity (Wildman–Crippen MR) is 295 cm³/mol. The highest BCUT2D eigenvalue weighted by molar-refractivity contribution is 6.02. The van der Waals surface area contributed by atoms with E-state index in [9.17, 15) is 9.59 Å². The summed E-state index contributed by atoms with van der Waals surface area (Å²) >= 11 is 0. The number of azo groups is 2. The van der Waals surface area contributed by atoms with Crippen LogP contribution < -0.4 is 30.5 Å². The first-order chi connectivity index (χ1) is 35.7. The lowest BCUT2D eigenvalue weighted by Crippen LogP contribution is -2.21. The molecule has 0 fully saturated rings. The molecular formula is C60H60N8O5. The van der Waals surface area contributed by atoms with Crippen LogP contribution in [0, 0.1) is 0 Å². The van der Waals surface area contributed by atoms with Gasteiger partial charge in [-0.05, 0) is 161 Å². The van der Waals surface area contributed by atoms with Crippen LogP contribution in [0.3, 0.4) is 0 Å². The maximum Gasteiger partial charge on any atom is 0.343 e. The van der Waals surface area contributed by atoms with Crippen LogP contribution in [-0.4, -0.2) is 38.2 Å². The Kier molecular flexibility index (Phi) is 17.5. The van der Waals surface area contributed by atoms with Gasteiger partial charge in [-0.2, -0.15) is 5.11 Å². The summed E-state index contributed by atoms with van der Waals surface area (Å²) in [6, 6.07) is 54.5. The molecule has 8 aromatic rings. The predicted octanol–water partition coefficient (Wildman–Crippen LogP) is 16.0. The lowest BCUT2D eigenvalue weighted by Gasteiger charge is -2.21. The molecule has 0 aromatic heterocycles. The number of hydrazine groups is 1. The van der Waals surface area contributed by atoms with E-state index < -0.39 is 5.97 Å². The normalized spacial score (nSPS) is 11.2. The summed E-state index contributed by atoms with van der Waals surface area (Å²) in [5, 5.41) is 26.1. The summed E-state index contributed by atoms with van der Waals surface area (Å²) < 4.78 is 16.6. The van der Waals surface area contributed by atoms with Gasteiger partial charge in [-0.1, -0.05) is 67.2 Å². The maximum absolute atomic E-state index is 12.9. The molecule has 13 heteroatoms. The van der Waals surface area contributed by atoms with Crippen LogP contribution in [0.4, 0.5) is 45.5 Å². The average molecular weight is 973 g/mol. The van der Waals surface area contributed by atoms with Crippen LogP contribution in [0.25, 0.3) is 21.5 Å². The van der Waals surface area contributed by atoms with Crippen molar-refractivity contribution < 1.29 is 23.8 Å². The van der Waals surface area contributed by atoms with Gasteiger partial charge in [0.1, 0.15) is 11.5 Å². The van der Waals surface area contributed by atoms with E-state index in [1.54, 1.807) is 43.3 Å². The van der Waals surface area contributed by atoms with Crippen LogP contribution >= 0.6 is 0 Å². The molecule has 8 aromatic carbocycles. The molecule has 73 heavy (non-hydrogen) atoms. The van der Waals surface area contributed by atoms with Gasteiger partial charge in [0.2, 0.25) is 0 Å². The first kappa shape index (κ1) is 50.5. The topological polar surface area (TPSA) is 151 Å². The highest BCUT2D eigenvalue weighted by Crippen LogP contribution is 2.37. The summed E-state index contributed by atoms with van der Waals surface area (Å²) in [6.45, 7) is 13.0. The van der Waals surface area contributed by atoms with E-state index in [0.29, 0.717) is 42.4 Å². The van der Waals surface area contributed by atoms with Crippen molar-refractivity contribution in [2.24, 2.45) is 20.5 Å². The van der Waals surface area contributed by atoms with Crippen molar-refractivity contribution in [1.29, 1.82) is 0 Å². The number of fused-ring (bicyclic) bond motifs is 2. The third-order valence-corrected chi connectivity index (χ3v) is 12.1. The lowest BCUT2D eigenvalue weighted by molar-refractivity contribution is -0.139. The average Bonchev–Trinajstić information content (AvgIpc) is 3.43. The number of anilines is 4. The van der Waals surface area contributed by atoms with Gasteiger partial charge in [-0.25, -0.2) is 9.59 Å². The quantitative estimate of drug-likeness (QED) is 0.0134. The molecule has 0 aliphatic heterocycles. The fourth-order valence-corrected chi connectivity index (χ4v) is 8.05. The number of carbonyl (C=O) groups is 2. The molecule has 0 heterocycles. The van der Waals surface area contributed by atoms with Gasteiger partial charge >= 0.3 is 11.9 Å². The molecule has 3 N–H and O–H groups in total. The zero-order valence-corrected chi connectivity index (χ0v) is 41.5. The second-order valence-corrected chi connectivity index (χ2v) is 17.3. The Labute approximate surface area is 426 Å². The minimum atomic E-state index is -0.450. The molecule has 13 nitrogen and oxygen atoms in total. The van der Waals surface area contributed by atoms with Crippen LogP contribution in [-0.2, 0) is 16.1 Å². The van der Waals surface area contributed by atoms with Gasteiger partial charge in [0.15, 0.2) is 0 Å². The minimum Gasteiger partial charge on any atom is -0.494 e. The van der Waals surface area contributed by atoms with E-state index in [0.717, 1.165) is 106 Å². The number of hydrogen-bond donors (Lipinski definition) is 3. The molecule has 0 aliphatic carbocycles. The number of rotatable bonds is 24. The van der Waals surface area contributed by atoms with Gasteiger partial charge in [-0.3, -0.25) is 0 Å². The van der Waals surface area contributed by atoms with E-state index >= 15 is 0 Å². The van der Waals surface area contributed by atoms with Gasteiger partial charge in [0, 0.05) is 58.1 Å². The summed E-state index contributed by atoms with van der Waals surface area (Å²) in [7, 11) is 0. The second-order valence-electron chi connectivity index (χ2n) is 17.3. The number of nitrogens with zero attached hydrogens (tertiary/aromatic N) is 5.